The highest BCUT2D eigenvalue weighted by atomic mass is 16.5. The molecule has 4 aromatic rings. The molecule has 0 atom stereocenters. The number of hydrogen-bond donors (Lipinski definition) is 0. The minimum Gasteiger partial charge on any atom is -0.497 e. The maximum Gasteiger partial charge on any atom is 0.228 e. The molecule has 0 unspecified atom stereocenters. The molecular formula is C27H26N2O4. The van der Waals surface area contributed by atoms with Crippen molar-refractivity contribution < 1.29 is 18.7 Å². The summed E-state index contributed by atoms with van der Waals surface area (Å²) in [6.45, 7) is 3.72. The summed E-state index contributed by atoms with van der Waals surface area (Å²) < 4.78 is 16.3. The third-order valence-corrected chi connectivity index (χ3v) is 6.16. The topological polar surface area (TPSA) is 55.2 Å². The van der Waals surface area contributed by atoms with E-state index >= 15 is 0 Å². The van der Waals surface area contributed by atoms with Crippen molar-refractivity contribution in [2.75, 3.05) is 50.2 Å². The molecule has 6 nitrogen and oxygen atoms in total. The highest BCUT2D eigenvalue weighted by Crippen LogP contribution is 2.27. The highest BCUT2D eigenvalue weighted by Gasteiger charge is 2.19. The molecule has 3 aromatic carbocycles. The van der Waals surface area contributed by atoms with E-state index in [1.165, 1.54) is 5.69 Å². The molecule has 1 fully saturated rings. The van der Waals surface area contributed by atoms with Gasteiger partial charge in [0.15, 0.2) is 5.76 Å². The Morgan fingerprint density at radius 1 is 0.727 bits per heavy atom. The van der Waals surface area contributed by atoms with Gasteiger partial charge in [-0.15, -0.1) is 0 Å². The molecule has 0 aliphatic carbocycles. The number of ketones is 1. The number of carbonyl (C=O) groups is 1. The van der Waals surface area contributed by atoms with Crippen LogP contribution in [0.3, 0.4) is 0 Å². The van der Waals surface area contributed by atoms with Crippen LogP contribution in [0.15, 0.2) is 77.2 Å². The molecule has 168 valence electrons. The van der Waals surface area contributed by atoms with Crippen LogP contribution in [0.2, 0.25) is 0 Å². The molecule has 5 rings (SSSR count). The number of anilines is 2. The van der Waals surface area contributed by atoms with Crippen molar-refractivity contribution in [2.24, 2.45) is 0 Å². The summed E-state index contributed by atoms with van der Waals surface area (Å²) in [6, 6.07) is 23.3. The summed E-state index contributed by atoms with van der Waals surface area (Å²) in [6.07, 6.45) is 0. The fourth-order valence-electron chi connectivity index (χ4n) is 4.23. The van der Waals surface area contributed by atoms with Crippen molar-refractivity contribution in [3.05, 3.63) is 84.1 Å². The van der Waals surface area contributed by atoms with Crippen molar-refractivity contribution in [1.29, 1.82) is 0 Å². The fourth-order valence-corrected chi connectivity index (χ4v) is 4.23. The van der Waals surface area contributed by atoms with E-state index in [0.29, 0.717) is 22.7 Å². The average Bonchev–Trinajstić information content (AvgIpc) is 3.32. The molecule has 0 radical (unpaired) electrons. The molecule has 0 amide bonds. The Kier molecular flexibility index (Phi) is 5.65. The zero-order valence-electron chi connectivity index (χ0n) is 18.8. The van der Waals surface area contributed by atoms with Crippen LogP contribution in [0.25, 0.3) is 11.0 Å². The van der Waals surface area contributed by atoms with Crippen molar-refractivity contribution in [2.45, 2.75) is 0 Å². The van der Waals surface area contributed by atoms with Crippen molar-refractivity contribution in [3.63, 3.8) is 0 Å². The van der Waals surface area contributed by atoms with Gasteiger partial charge in [0.05, 0.1) is 14.2 Å². The third kappa shape index (κ3) is 4.24. The normalized spacial score (nSPS) is 13.9. The van der Waals surface area contributed by atoms with Gasteiger partial charge >= 0.3 is 0 Å². The highest BCUT2D eigenvalue weighted by molar-refractivity contribution is 6.09. The van der Waals surface area contributed by atoms with Crippen LogP contribution < -0.4 is 19.3 Å². The predicted molar refractivity (Wildman–Crippen MR) is 130 cm³/mol. The molecule has 2 heterocycles. The van der Waals surface area contributed by atoms with E-state index in [4.69, 9.17) is 13.9 Å². The number of carbonyl (C=O) groups excluding carboxylic acids is 1. The molecule has 1 aliphatic rings. The first kappa shape index (κ1) is 20.9. The molecule has 0 bridgehead atoms. The van der Waals surface area contributed by atoms with Gasteiger partial charge in [0.2, 0.25) is 5.78 Å². The Balaban J connectivity index is 1.24. The summed E-state index contributed by atoms with van der Waals surface area (Å²) in [5.74, 6) is 1.78. The number of hydrogen-bond acceptors (Lipinski definition) is 6. The standard InChI is InChI=1S/C27H26N2O4/c1-31-23-11-8-22(9-12-23)29-15-13-28(14-16-29)21-6-3-19(4-7-21)27(30)26-17-20-5-10-24(32-2)18-25(20)33-26/h3-12,17-18H,13-16H2,1-2H3. The number of furan rings is 1. The number of ether oxygens (including phenoxy) is 2. The predicted octanol–water partition coefficient (Wildman–Crippen LogP) is 5.01. The van der Waals surface area contributed by atoms with Crippen molar-refractivity contribution in [1.82, 2.24) is 0 Å². The number of benzene rings is 3. The Labute approximate surface area is 192 Å². The quantitative estimate of drug-likeness (QED) is 0.392. The van der Waals surface area contributed by atoms with E-state index in [-0.39, 0.29) is 5.78 Å². The van der Waals surface area contributed by atoms with Gasteiger partial charge in [0.1, 0.15) is 17.1 Å². The van der Waals surface area contributed by atoms with Gasteiger partial charge < -0.3 is 23.7 Å². The van der Waals surface area contributed by atoms with Crippen LogP contribution in [0.4, 0.5) is 11.4 Å². The molecule has 6 heteroatoms. The first-order valence-corrected chi connectivity index (χ1v) is 11.0. The molecule has 33 heavy (non-hydrogen) atoms. The van der Waals surface area contributed by atoms with Gasteiger partial charge in [-0.2, -0.15) is 0 Å². The Hall–Kier alpha value is -3.93. The van der Waals surface area contributed by atoms with E-state index in [0.717, 1.165) is 43.0 Å². The summed E-state index contributed by atoms with van der Waals surface area (Å²) >= 11 is 0. The van der Waals surface area contributed by atoms with Gasteiger partial charge in [0, 0.05) is 54.6 Å². The number of rotatable bonds is 6. The van der Waals surface area contributed by atoms with Crippen LogP contribution in [0, 0.1) is 0 Å². The van der Waals surface area contributed by atoms with Crippen molar-refractivity contribution in [3.8, 4) is 11.5 Å². The van der Waals surface area contributed by atoms with Crippen LogP contribution in [0.5, 0.6) is 11.5 Å². The number of fused-ring (bicyclic) bond motifs is 1. The number of nitrogens with zero attached hydrogens (tertiary/aromatic N) is 2. The van der Waals surface area contributed by atoms with E-state index in [2.05, 4.69) is 21.9 Å². The fraction of sp³-hybridized carbons (Fsp3) is 0.222. The van der Waals surface area contributed by atoms with Crippen LogP contribution in [-0.4, -0.2) is 46.2 Å². The molecule has 1 aromatic heterocycles. The van der Waals surface area contributed by atoms with E-state index < -0.39 is 0 Å². The van der Waals surface area contributed by atoms with Gasteiger partial charge in [-0.3, -0.25) is 4.79 Å². The van der Waals surface area contributed by atoms with Gasteiger partial charge in [-0.05, 0) is 66.7 Å². The minimum absolute atomic E-state index is 0.124. The smallest absolute Gasteiger partial charge is 0.228 e. The summed E-state index contributed by atoms with van der Waals surface area (Å²) in [5, 5.41) is 0.880. The first-order valence-electron chi connectivity index (χ1n) is 11.0. The van der Waals surface area contributed by atoms with Gasteiger partial charge in [0.25, 0.3) is 0 Å². The SMILES string of the molecule is COc1ccc(N2CCN(c3ccc(C(=O)c4cc5ccc(OC)cc5o4)cc3)CC2)cc1. The van der Waals surface area contributed by atoms with Crippen LogP contribution >= 0.6 is 0 Å². The van der Waals surface area contributed by atoms with E-state index in [9.17, 15) is 4.79 Å². The zero-order valence-corrected chi connectivity index (χ0v) is 18.8. The third-order valence-electron chi connectivity index (χ3n) is 6.16. The van der Waals surface area contributed by atoms with Crippen LogP contribution in [0.1, 0.15) is 16.1 Å². The lowest BCUT2D eigenvalue weighted by atomic mass is 10.1. The van der Waals surface area contributed by atoms with E-state index in [1.54, 1.807) is 26.4 Å². The lowest BCUT2D eigenvalue weighted by Crippen LogP contribution is -2.46. The van der Waals surface area contributed by atoms with Crippen LogP contribution in [-0.2, 0) is 0 Å². The van der Waals surface area contributed by atoms with Crippen molar-refractivity contribution >= 4 is 28.1 Å². The second-order valence-electron chi connectivity index (χ2n) is 8.06. The monoisotopic (exact) mass is 442 g/mol. The molecule has 0 N–H and O–H groups in total. The maximum absolute atomic E-state index is 12.9. The zero-order chi connectivity index (χ0) is 22.8. The largest absolute Gasteiger partial charge is 0.497 e. The molecule has 1 aliphatic heterocycles. The maximum atomic E-state index is 12.9. The van der Waals surface area contributed by atoms with E-state index in [1.807, 2.05) is 48.5 Å². The molecule has 0 saturated carbocycles. The Morgan fingerprint density at radius 2 is 1.27 bits per heavy atom. The second kappa shape index (κ2) is 8.90. The number of piperazine rings is 1. The lowest BCUT2D eigenvalue weighted by Gasteiger charge is -2.37. The summed E-state index contributed by atoms with van der Waals surface area (Å²) in [4.78, 5) is 17.7. The van der Waals surface area contributed by atoms with Gasteiger partial charge in [-0.1, -0.05) is 0 Å². The summed E-state index contributed by atoms with van der Waals surface area (Å²) in [7, 11) is 3.29. The minimum atomic E-state index is -0.124. The first-order chi connectivity index (χ1) is 16.1. The average molecular weight is 443 g/mol. The molecular weight excluding hydrogens is 416 g/mol. The lowest BCUT2D eigenvalue weighted by molar-refractivity contribution is 0.101. The molecule has 1 saturated heterocycles. The molecule has 0 spiro atoms. The Bertz CT molecular complexity index is 1250. The second-order valence-corrected chi connectivity index (χ2v) is 8.06. The summed E-state index contributed by atoms with van der Waals surface area (Å²) in [5.41, 5.74) is 3.58. The van der Waals surface area contributed by atoms with Gasteiger partial charge in [-0.25, -0.2) is 0 Å². The Morgan fingerprint density at radius 3 is 1.85 bits per heavy atom. The number of methoxy groups -OCH3 is 2.